The molecule has 1 saturated heterocycles. The van der Waals surface area contributed by atoms with Gasteiger partial charge in [-0.3, -0.25) is 4.79 Å². The lowest BCUT2D eigenvalue weighted by atomic mass is 10.1. The molecule has 2 heterocycles. The van der Waals surface area contributed by atoms with E-state index >= 15 is 0 Å². The fourth-order valence-electron chi connectivity index (χ4n) is 3.20. The van der Waals surface area contributed by atoms with Crippen molar-refractivity contribution in [3.63, 3.8) is 0 Å². The van der Waals surface area contributed by atoms with Crippen LogP contribution in [0.5, 0.6) is 0 Å². The minimum Gasteiger partial charge on any atom is -0.366 e. The van der Waals surface area contributed by atoms with Crippen LogP contribution < -0.4 is 16.4 Å². The molecule has 1 aliphatic heterocycles. The maximum Gasteiger partial charge on any atom is 0.252 e. The van der Waals surface area contributed by atoms with Gasteiger partial charge in [0.05, 0.1) is 11.1 Å². The van der Waals surface area contributed by atoms with Crippen molar-refractivity contribution >= 4 is 22.6 Å². The Kier molecular flexibility index (Phi) is 2.44. The molecule has 4 rings (SSSR count). The highest BCUT2D eigenvalue weighted by Crippen LogP contribution is 2.43. The Labute approximate surface area is 116 Å². The van der Waals surface area contributed by atoms with Crippen LogP contribution in [0, 0.1) is 11.8 Å². The number of primary amides is 1. The normalized spacial score (nSPS) is 27.3. The Bertz CT molecular complexity index is 689. The third-order valence-corrected chi connectivity index (χ3v) is 4.38. The predicted octanol–water partition coefficient (Wildman–Crippen LogP) is 0.963. The molecule has 1 amide bonds. The van der Waals surface area contributed by atoms with Gasteiger partial charge in [-0.2, -0.15) is 0 Å². The summed E-state index contributed by atoms with van der Waals surface area (Å²) in [6.07, 6.45) is 0. The SMILES string of the molecule is NC(=O)c1cc2ccccc2nc1NC1C2CNCC21. The highest BCUT2D eigenvalue weighted by molar-refractivity contribution is 6.01. The number of benzene rings is 1. The second kappa shape index (κ2) is 4.18. The lowest BCUT2D eigenvalue weighted by Gasteiger charge is -2.12. The molecule has 1 aromatic carbocycles. The number of piperidine rings is 1. The molecule has 1 aromatic heterocycles. The molecule has 5 heteroatoms. The number of anilines is 1. The summed E-state index contributed by atoms with van der Waals surface area (Å²) >= 11 is 0. The van der Waals surface area contributed by atoms with Crippen molar-refractivity contribution in [2.75, 3.05) is 18.4 Å². The fraction of sp³-hybridized carbons (Fsp3) is 0.333. The summed E-state index contributed by atoms with van der Waals surface area (Å²) in [5.74, 6) is 1.50. The van der Waals surface area contributed by atoms with Gasteiger partial charge < -0.3 is 16.4 Å². The van der Waals surface area contributed by atoms with E-state index < -0.39 is 5.91 Å². The van der Waals surface area contributed by atoms with E-state index in [4.69, 9.17) is 5.73 Å². The third-order valence-electron chi connectivity index (χ3n) is 4.38. The van der Waals surface area contributed by atoms with E-state index in [2.05, 4.69) is 15.6 Å². The zero-order chi connectivity index (χ0) is 13.7. The Morgan fingerprint density at radius 2 is 2.05 bits per heavy atom. The van der Waals surface area contributed by atoms with Crippen molar-refractivity contribution in [1.82, 2.24) is 10.3 Å². The molecular weight excluding hydrogens is 252 g/mol. The summed E-state index contributed by atoms with van der Waals surface area (Å²) < 4.78 is 0. The molecule has 2 aromatic rings. The summed E-state index contributed by atoms with van der Waals surface area (Å²) in [6, 6.07) is 10.00. The van der Waals surface area contributed by atoms with E-state index in [1.54, 1.807) is 0 Å². The lowest BCUT2D eigenvalue weighted by molar-refractivity contribution is 0.100. The smallest absolute Gasteiger partial charge is 0.252 e. The van der Waals surface area contributed by atoms with Crippen molar-refractivity contribution in [3.05, 3.63) is 35.9 Å². The number of carbonyl (C=O) groups is 1. The summed E-state index contributed by atoms with van der Waals surface area (Å²) in [5, 5.41) is 7.70. The number of nitrogens with zero attached hydrogens (tertiary/aromatic N) is 1. The van der Waals surface area contributed by atoms with E-state index in [0.29, 0.717) is 29.3 Å². The van der Waals surface area contributed by atoms with Gasteiger partial charge in [0.1, 0.15) is 5.82 Å². The predicted molar refractivity (Wildman–Crippen MR) is 77.5 cm³/mol. The van der Waals surface area contributed by atoms with Gasteiger partial charge in [0.15, 0.2) is 0 Å². The molecule has 0 bridgehead atoms. The molecule has 2 fully saturated rings. The van der Waals surface area contributed by atoms with E-state index in [-0.39, 0.29) is 0 Å². The number of hydrogen-bond donors (Lipinski definition) is 3. The van der Waals surface area contributed by atoms with Crippen LogP contribution in [0.4, 0.5) is 5.82 Å². The standard InChI is InChI=1S/C15H16N4O/c16-14(20)9-5-8-3-1-2-4-12(8)18-15(9)19-13-10-6-17-7-11(10)13/h1-5,10-11,13,17H,6-7H2,(H2,16,20)(H,18,19). The number of pyridine rings is 1. The van der Waals surface area contributed by atoms with Crippen LogP contribution in [-0.4, -0.2) is 30.0 Å². The summed E-state index contributed by atoms with van der Waals surface area (Å²) in [6.45, 7) is 2.09. The summed E-state index contributed by atoms with van der Waals surface area (Å²) in [4.78, 5) is 16.2. The van der Waals surface area contributed by atoms with Gasteiger partial charge in [0.25, 0.3) is 5.91 Å². The van der Waals surface area contributed by atoms with Crippen LogP contribution in [0.3, 0.4) is 0 Å². The Balaban J connectivity index is 1.72. The van der Waals surface area contributed by atoms with Crippen molar-refractivity contribution in [3.8, 4) is 0 Å². The van der Waals surface area contributed by atoms with E-state index in [1.165, 1.54) is 0 Å². The number of amides is 1. The summed E-state index contributed by atoms with van der Waals surface area (Å²) in [5.41, 5.74) is 6.84. The Hall–Kier alpha value is -2.14. The Morgan fingerprint density at radius 1 is 1.30 bits per heavy atom. The molecule has 1 aliphatic carbocycles. The molecule has 1 saturated carbocycles. The van der Waals surface area contributed by atoms with Crippen molar-refractivity contribution in [2.45, 2.75) is 6.04 Å². The van der Waals surface area contributed by atoms with Gasteiger partial charge in [-0.15, -0.1) is 0 Å². The van der Waals surface area contributed by atoms with Crippen molar-refractivity contribution in [1.29, 1.82) is 0 Å². The second-order valence-electron chi connectivity index (χ2n) is 5.60. The van der Waals surface area contributed by atoms with Gasteiger partial charge in [0.2, 0.25) is 0 Å². The average Bonchev–Trinajstić information content (AvgIpc) is 2.88. The van der Waals surface area contributed by atoms with E-state index in [1.807, 2.05) is 30.3 Å². The minimum absolute atomic E-state index is 0.419. The number of nitrogens with one attached hydrogen (secondary N) is 2. The first-order valence-corrected chi connectivity index (χ1v) is 6.91. The number of para-hydroxylation sites is 1. The van der Waals surface area contributed by atoms with Crippen LogP contribution >= 0.6 is 0 Å². The number of carbonyl (C=O) groups excluding carboxylic acids is 1. The minimum atomic E-state index is -0.435. The Morgan fingerprint density at radius 3 is 2.80 bits per heavy atom. The molecule has 2 atom stereocenters. The zero-order valence-electron chi connectivity index (χ0n) is 11.0. The molecular formula is C15H16N4O. The number of aromatic nitrogens is 1. The topological polar surface area (TPSA) is 80.0 Å². The van der Waals surface area contributed by atoms with Gasteiger partial charge >= 0.3 is 0 Å². The molecule has 2 aliphatic rings. The molecule has 102 valence electrons. The first kappa shape index (κ1) is 11.7. The molecule has 0 spiro atoms. The number of rotatable bonds is 3. The molecule has 4 N–H and O–H groups in total. The van der Waals surface area contributed by atoms with Crippen LogP contribution in [0.2, 0.25) is 0 Å². The van der Waals surface area contributed by atoms with Crippen LogP contribution in [0.25, 0.3) is 10.9 Å². The second-order valence-corrected chi connectivity index (χ2v) is 5.60. The molecule has 2 unspecified atom stereocenters. The van der Waals surface area contributed by atoms with Gasteiger partial charge in [0, 0.05) is 24.5 Å². The van der Waals surface area contributed by atoms with Crippen LogP contribution in [0.15, 0.2) is 30.3 Å². The number of nitrogens with two attached hydrogens (primary N) is 1. The first-order valence-electron chi connectivity index (χ1n) is 6.91. The highest BCUT2D eigenvalue weighted by Gasteiger charge is 2.53. The molecule has 20 heavy (non-hydrogen) atoms. The van der Waals surface area contributed by atoms with Gasteiger partial charge in [-0.05, 0) is 24.0 Å². The van der Waals surface area contributed by atoms with Crippen molar-refractivity contribution in [2.24, 2.45) is 17.6 Å². The van der Waals surface area contributed by atoms with Gasteiger partial charge in [-0.25, -0.2) is 4.98 Å². The van der Waals surface area contributed by atoms with E-state index in [9.17, 15) is 4.79 Å². The molecule has 0 radical (unpaired) electrons. The lowest BCUT2D eigenvalue weighted by Crippen LogP contribution is -2.23. The summed E-state index contributed by atoms with van der Waals surface area (Å²) in [7, 11) is 0. The first-order chi connectivity index (χ1) is 9.74. The highest BCUT2D eigenvalue weighted by atomic mass is 16.1. The maximum absolute atomic E-state index is 11.6. The number of fused-ring (bicyclic) bond motifs is 2. The number of hydrogen-bond acceptors (Lipinski definition) is 4. The zero-order valence-corrected chi connectivity index (χ0v) is 11.0. The van der Waals surface area contributed by atoms with Crippen molar-refractivity contribution < 1.29 is 4.79 Å². The van der Waals surface area contributed by atoms with Gasteiger partial charge in [-0.1, -0.05) is 18.2 Å². The molecule has 5 nitrogen and oxygen atoms in total. The van der Waals surface area contributed by atoms with Crippen LogP contribution in [-0.2, 0) is 0 Å². The maximum atomic E-state index is 11.6. The quantitative estimate of drug-likeness (QED) is 0.774. The van der Waals surface area contributed by atoms with E-state index in [0.717, 1.165) is 24.0 Å². The fourth-order valence-corrected chi connectivity index (χ4v) is 3.20. The average molecular weight is 268 g/mol. The third kappa shape index (κ3) is 1.74. The van der Waals surface area contributed by atoms with Crippen LogP contribution in [0.1, 0.15) is 10.4 Å². The monoisotopic (exact) mass is 268 g/mol. The largest absolute Gasteiger partial charge is 0.366 e.